The van der Waals surface area contributed by atoms with E-state index in [2.05, 4.69) is 28.8 Å². The summed E-state index contributed by atoms with van der Waals surface area (Å²) in [6, 6.07) is 8.47. The van der Waals surface area contributed by atoms with Gasteiger partial charge in [0.1, 0.15) is 19.4 Å². The Morgan fingerprint density at radius 1 is 1.10 bits per heavy atom. The van der Waals surface area contributed by atoms with E-state index in [4.69, 9.17) is 0 Å². The van der Waals surface area contributed by atoms with E-state index in [9.17, 15) is 14.0 Å². The number of fused-ring (bicyclic) bond motifs is 1. The van der Waals surface area contributed by atoms with Crippen LogP contribution in [0, 0.1) is 11.3 Å². The summed E-state index contributed by atoms with van der Waals surface area (Å²) >= 11 is 0. The summed E-state index contributed by atoms with van der Waals surface area (Å²) in [7, 11) is 0. The molecule has 0 spiro atoms. The van der Waals surface area contributed by atoms with Crippen LogP contribution in [-0.4, -0.2) is 35.4 Å². The van der Waals surface area contributed by atoms with E-state index in [1.807, 2.05) is 18.2 Å². The molecule has 2 aliphatic carbocycles. The zero-order valence-corrected chi connectivity index (χ0v) is 17.2. The van der Waals surface area contributed by atoms with E-state index < -0.39 is 19.4 Å². The van der Waals surface area contributed by atoms with Crippen molar-refractivity contribution in [3.05, 3.63) is 53.2 Å². The lowest BCUT2D eigenvalue weighted by atomic mass is 9.80. The highest BCUT2D eigenvalue weighted by atomic mass is 19.1. The first-order valence-corrected chi connectivity index (χ1v) is 11.1. The molecule has 2 heterocycles. The first-order chi connectivity index (χ1) is 14.8. The lowest BCUT2D eigenvalue weighted by molar-refractivity contribution is 0.210. The van der Waals surface area contributed by atoms with Crippen LogP contribution in [0.3, 0.4) is 0 Å². The van der Waals surface area contributed by atoms with E-state index in [1.54, 1.807) is 4.90 Å². The second-order valence-corrected chi connectivity index (χ2v) is 8.79. The van der Waals surface area contributed by atoms with Gasteiger partial charge in [-0.25, -0.2) is 8.78 Å². The molecule has 2 saturated carbocycles. The summed E-state index contributed by atoms with van der Waals surface area (Å²) < 4.78 is 29.6. The SMILES string of the molecule is N#Cc1c(C2=CC=CCN2C(CF)CF)n(C2CCC2)c2cc(C3CCC3)ccc12. The van der Waals surface area contributed by atoms with Crippen LogP contribution in [0.1, 0.15) is 67.3 Å². The summed E-state index contributed by atoms with van der Waals surface area (Å²) in [5.74, 6) is 0.615. The molecule has 3 aliphatic rings. The van der Waals surface area contributed by atoms with E-state index in [-0.39, 0.29) is 0 Å². The summed E-state index contributed by atoms with van der Waals surface area (Å²) in [5, 5.41) is 11.1. The molecule has 0 unspecified atom stereocenters. The van der Waals surface area contributed by atoms with Gasteiger partial charge in [-0.2, -0.15) is 5.26 Å². The molecule has 0 amide bonds. The Hall–Kier alpha value is -2.61. The van der Waals surface area contributed by atoms with Crippen LogP contribution in [-0.2, 0) is 0 Å². The van der Waals surface area contributed by atoms with Gasteiger partial charge in [0.05, 0.1) is 28.5 Å². The molecule has 5 rings (SSSR count). The molecule has 2 aromatic rings. The first-order valence-electron chi connectivity index (χ1n) is 11.1. The van der Waals surface area contributed by atoms with Gasteiger partial charge in [-0.3, -0.25) is 0 Å². The van der Waals surface area contributed by atoms with Gasteiger partial charge in [0.25, 0.3) is 0 Å². The lowest BCUT2D eigenvalue weighted by Crippen LogP contribution is -2.39. The molecule has 30 heavy (non-hydrogen) atoms. The number of hydrogen-bond donors (Lipinski definition) is 0. The fraction of sp³-hybridized carbons (Fsp3) is 0.480. The molecular formula is C25H27F2N3. The number of nitrogens with zero attached hydrogens (tertiary/aromatic N) is 3. The van der Waals surface area contributed by atoms with Crippen LogP contribution in [0.5, 0.6) is 0 Å². The van der Waals surface area contributed by atoms with Gasteiger partial charge in [0.15, 0.2) is 0 Å². The third kappa shape index (κ3) is 2.96. The normalized spacial score (nSPS) is 19.7. The molecule has 0 N–H and O–H groups in total. The average molecular weight is 408 g/mol. The Bertz CT molecular complexity index is 1050. The smallest absolute Gasteiger partial charge is 0.112 e. The number of rotatable bonds is 6. The second-order valence-electron chi connectivity index (χ2n) is 8.79. The largest absolute Gasteiger partial charge is 0.358 e. The fourth-order valence-electron chi connectivity index (χ4n) is 5.01. The monoisotopic (exact) mass is 407 g/mol. The molecule has 5 heteroatoms. The lowest BCUT2D eigenvalue weighted by Gasteiger charge is -2.36. The third-order valence-electron chi connectivity index (χ3n) is 7.20. The number of benzene rings is 1. The van der Waals surface area contributed by atoms with Crippen LogP contribution in [0.4, 0.5) is 8.78 Å². The summed E-state index contributed by atoms with van der Waals surface area (Å²) in [4.78, 5) is 1.79. The van der Waals surface area contributed by atoms with Crippen molar-refractivity contribution < 1.29 is 8.78 Å². The second kappa shape index (κ2) is 7.91. The van der Waals surface area contributed by atoms with Crippen molar-refractivity contribution in [1.82, 2.24) is 9.47 Å². The maximum absolute atomic E-state index is 13.6. The highest BCUT2D eigenvalue weighted by Crippen LogP contribution is 2.44. The van der Waals surface area contributed by atoms with Gasteiger partial charge in [-0.15, -0.1) is 0 Å². The molecule has 1 aromatic heterocycles. The number of aromatic nitrogens is 1. The minimum absolute atomic E-state index is 0.337. The Kier molecular flexibility index (Phi) is 5.10. The molecule has 0 saturated heterocycles. The van der Waals surface area contributed by atoms with Crippen LogP contribution >= 0.6 is 0 Å². The Labute approximate surface area is 176 Å². The van der Waals surface area contributed by atoms with Gasteiger partial charge in [0, 0.05) is 18.0 Å². The molecule has 0 atom stereocenters. The van der Waals surface area contributed by atoms with E-state index >= 15 is 0 Å². The van der Waals surface area contributed by atoms with Crippen molar-refractivity contribution in [2.75, 3.05) is 19.9 Å². The van der Waals surface area contributed by atoms with Crippen LogP contribution < -0.4 is 0 Å². The molecule has 156 valence electrons. The van der Waals surface area contributed by atoms with Gasteiger partial charge in [-0.05, 0) is 55.7 Å². The Morgan fingerprint density at radius 2 is 1.87 bits per heavy atom. The van der Waals surface area contributed by atoms with Gasteiger partial charge < -0.3 is 9.47 Å². The number of halogens is 2. The molecule has 1 aliphatic heterocycles. The molecule has 0 bridgehead atoms. The van der Waals surface area contributed by atoms with E-state index in [0.717, 1.165) is 35.1 Å². The average Bonchev–Trinajstić information content (AvgIpc) is 3.00. The zero-order chi connectivity index (χ0) is 20.7. The van der Waals surface area contributed by atoms with Crippen molar-refractivity contribution in [3.63, 3.8) is 0 Å². The first kappa shape index (κ1) is 19.4. The minimum atomic E-state index is -0.828. The fourth-order valence-corrected chi connectivity index (χ4v) is 5.01. The number of alkyl halides is 2. The molecular weight excluding hydrogens is 380 g/mol. The quantitative estimate of drug-likeness (QED) is 0.586. The van der Waals surface area contributed by atoms with Crippen molar-refractivity contribution >= 4 is 16.6 Å². The molecule has 2 fully saturated rings. The maximum Gasteiger partial charge on any atom is 0.112 e. The van der Waals surface area contributed by atoms with Crippen molar-refractivity contribution in [3.8, 4) is 6.07 Å². The molecule has 1 aromatic carbocycles. The van der Waals surface area contributed by atoms with E-state index in [1.165, 1.54) is 31.2 Å². The molecule has 3 nitrogen and oxygen atoms in total. The van der Waals surface area contributed by atoms with Gasteiger partial charge in [-0.1, -0.05) is 30.7 Å². The van der Waals surface area contributed by atoms with Crippen molar-refractivity contribution in [2.45, 2.75) is 56.5 Å². The van der Waals surface area contributed by atoms with Crippen LogP contribution in [0.15, 0.2) is 36.4 Å². The van der Waals surface area contributed by atoms with Crippen molar-refractivity contribution in [2.24, 2.45) is 0 Å². The van der Waals surface area contributed by atoms with Gasteiger partial charge in [0.2, 0.25) is 0 Å². The third-order valence-corrected chi connectivity index (χ3v) is 7.20. The Morgan fingerprint density at radius 3 is 2.47 bits per heavy atom. The standard InChI is InChI=1S/C25H27F2N3/c26-14-20(15-27)29-12-2-1-9-23(29)25-22(16-28)21-11-10-18(17-5-3-6-17)13-24(21)30(25)19-7-4-8-19/h1-2,9-11,13,17,19-20H,3-8,12,14-15H2. The highest BCUT2D eigenvalue weighted by molar-refractivity contribution is 5.93. The highest BCUT2D eigenvalue weighted by Gasteiger charge is 2.33. The minimum Gasteiger partial charge on any atom is -0.358 e. The molecule has 0 radical (unpaired) electrons. The summed E-state index contributed by atoms with van der Waals surface area (Å²) in [6.45, 7) is -1.05. The van der Waals surface area contributed by atoms with E-state index in [0.29, 0.717) is 24.1 Å². The predicted octanol–water partition coefficient (Wildman–Crippen LogP) is 6.03. The predicted molar refractivity (Wildman–Crippen MR) is 116 cm³/mol. The van der Waals surface area contributed by atoms with Gasteiger partial charge >= 0.3 is 0 Å². The van der Waals surface area contributed by atoms with Crippen molar-refractivity contribution in [1.29, 1.82) is 5.26 Å². The number of allylic oxidation sites excluding steroid dienone is 2. The Balaban J connectivity index is 1.73. The van der Waals surface area contributed by atoms with Crippen LogP contribution in [0.25, 0.3) is 16.6 Å². The zero-order valence-electron chi connectivity index (χ0n) is 17.2. The topological polar surface area (TPSA) is 32.0 Å². The summed E-state index contributed by atoms with van der Waals surface area (Å²) in [5.41, 5.74) is 4.67. The van der Waals surface area contributed by atoms with Crippen LogP contribution in [0.2, 0.25) is 0 Å². The number of nitriles is 1. The number of hydrogen-bond acceptors (Lipinski definition) is 2. The maximum atomic E-state index is 13.6. The summed E-state index contributed by atoms with van der Waals surface area (Å²) in [6.07, 6.45) is 12.8.